The molecule has 2 aromatic carbocycles. The van der Waals surface area contributed by atoms with E-state index in [1.54, 1.807) is 0 Å². The first-order valence-corrected chi connectivity index (χ1v) is 13.1. The number of fused-ring (bicyclic) bond motifs is 2. The summed E-state index contributed by atoms with van der Waals surface area (Å²) in [6.07, 6.45) is 0. The molecule has 0 unspecified atom stereocenters. The second kappa shape index (κ2) is 8.55. The van der Waals surface area contributed by atoms with Crippen LogP contribution in [0, 0.1) is 13.8 Å². The quantitative estimate of drug-likeness (QED) is 0.246. The lowest BCUT2D eigenvalue weighted by atomic mass is 10.1. The lowest BCUT2D eigenvalue weighted by Gasteiger charge is -2.04. The van der Waals surface area contributed by atoms with E-state index in [0.717, 1.165) is 54.1 Å². The maximum atomic E-state index is 13.8. The Bertz CT molecular complexity index is 1660. The molecule has 4 heterocycles. The summed E-state index contributed by atoms with van der Waals surface area (Å²) in [5, 5.41) is 1.65. The molecular weight excluding hydrogens is 484 g/mol. The van der Waals surface area contributed by atoms with Crippen molar-refractivity contribution in [1.29, 1.82) is 0 Å². The Labute approximate surface area is 216 Å². The zero-order valence-corrected chi connectivity index (χ0v) is 21.3. The Morgan fingerprint density at radius 1 is 0.667 bits per heavy atom. The molecule has 4 N–H and O–H groups in total. The first-order valence-electron chi connectivity index (χ1n) is 11.5. The fraction of sp³-hybridized carbons (Fsp3) is 0.0690. The lowest BCUT2D eigenvalue weighted by molar-refractivity contribution is 0.104. The number of thiophene rings is 2. The van der Waals surface area contributed by atoms with E-state index < -0.39 is 0 Å². The van der Waals surface area contributed by atoms with Crippen molar-refractivity contribution >= 4 is 60.3 Å². The second-order valence-corrected chi connectivity index (χ2v) is 10.8. The number of carbonyl (C=O) groups excluding carboxylic acids is 1. The third-order valence-corrected chi connectivity index (χ3v) is 8.54. The van der Waals surface area contributed by atoms with Crippen LogP contribution in [0.1, 0.15) is 25.7 Å². The summed E-state index contributed by atoms with van der Waals surface area (Å²) in [4.78, 5) is 25.9. The van der Waals surface area contributed by atoms with Gasteiger partial charge in [-0.15, -0.1) is 22.7 Å². The highest BCUT2D eigenvalue weighted by Gasteiger charge is 2.26. The smallest absolute Gasteiger partial charge is 0.217 e. The Morgan fingerprint density at radius 2 is 1.06 bits per heavy atom. The van der Waals surface area contributed by atoms with Crippen molar-refractivity contribution in [3.63, 3.8) is 0 Å². The van der Waals surface area contributed by atoms with Crippen molar-refractivity contribution in [3.05, 3.63) is 93.7 Å². The van der Waals surface area contributed by atoms with Gasteiger partial charge >= 0.3 is 0 Å². The van der Waals surface area contributed by atoms with Crippen LogP contribution in [0.3, 0.4) is 0 Å². The van der Waals surface area contributed by atoms with E-state index in [2.05, 4.69) is 0 Å². The van der Waals surface area contributed by atoms with Gasteiger partial charge in [0, 0.05) is 21.9 Å². The third kappa shape index (κ3) is 3.56. The molecular formula is C29H22N4OS2. The topological polar surface area (TPSA) is 94.9 Å². The van der Waals surface area contributed by atoms with Gasteiger partial charge in [-0.1, -0.05) is 60.7 Å². The number of nitrogens with zero attached hydrogens (tertiary/aromatic N) is 2. The molecule has 0 atom stereocenters. The Kier molecular flexibility index (Phi) is 5.32. The van der Waals surface area contributed by atoms with Gasteiger partial charge in [-0.2, -0.15) is 0 Å². The molecule has 0 fully saturated rings. The molecule has 6 aromatic rings. The highest BCUT2D eigenvalue weighted by Crippen LogP contribution is 2.42. The van der Waals surface area contributed by atoms with Gasteiger partial charge in [0.25, 0.3) is 0 Å². The maximum absolute atomic E-state index is 13.8. The Balaban J connectivity index is 1.47. The van der Waals surface area contributed by atoms with Crippen molar-refractivity contribution < 1.29 is 4.79 Å². The number of aromatic nitrogens is 2. The van der Waals surface area contributed by atoms with Crippen LogP contribution in [0.2, 0.25) is 0 Å². The SMILES string of the molecule is Cc1cc(-c2ccccc2)nc2sc(C(=O)c3sc4nc(-c5ccccc5)cc(C)c4c3N)c(N)c12. The highest BCUT2D eigenvalue weighted by atomic mass is 32.1. The molecule has 0 aliphatic rings. The summed E-state index contributed by atoms with van der Waals surface area (Å²) in [6, 6.07) is 24.0. The van der Waals surface area contributed by atoms with Crippen molar-refractivity contribution in [2.24, 2.45) is 0 Å². The fourth-order valence-electron chi connectivity index (χ4n) is 4.57. The first kappa shape index (κ1) is 22.4. The van der Waals surface area contributed by atoms with Gasteiger partial charge in [-0.25, -0.2) is 9.97 Å². The molecule has 36 heavy (non-hydrogen) atoms. The molecule has 176 valence electrons. The van der Waals surface area contributed by atoms with E-state index in [9.17, 15) is 4.79 Å². The molecule has 7 heteroatoms. The second-order valence-electron chi connectivity index (χ2n) is 8.76. The molecule has 0 aliphatic heterocycles. The van der Waals surface area contributed by atoms with Gasteiger partial charge in [0.2, 0.25) is 5.78 Å². The van der Waals surface area contributed by atoms with E-state index in [4.69, 9.17) is 21.4 Å². The van der Waals surface area contributed by atoms with Crippen LogP contribution >= 0.6 is 22.7 Å². The zero-order valence-electron chi connectivity index (χ0n) is 19.7. The van der Waals surface area contributed by atoms with Gasteiger partial charge in [-0.05, 0) is 37.1 Å². The number of benzene rings is 2. The summed E-state index contributed by atoms with van der Waals surface area (Å²) in [7, 11) is 0. The first-order chi connectivity index (χ1) is 17.4. The zero-order chi connectivity index (χ0) is 25.0. The number of anilines is 2. The average Bonchev–Trinajstić information content (AvgIpc) is 3.41. The van der Waals surface area contributed by atoms with Crippen molar-refractivity contribution in [2.75, 3.05) is 11.5 Å². The van der Waals surface area contributed by atoms with Crippen LogP contribution in [0.15, 0.2) is 72.8 Å². The fourth-order valence-corrected chi connectivity index (χ4v) is 6.87. The van der Waals surface area contributed by atoms with Gasteiger partial charge in [0.1, 0.15) is 19.4 Å². The van der Waals surface area contributed by atoms with Crippen molar-refractivity contribution in [1.82, 2.24) is 9.97 Å². The summed E-state index contributed by atoms with van der Waals surface area (Å²) in [5.74, 6) is -0.183. The van der Waals surface area contributed by atoms with E-state index >= 15 is 0 Å². The van der Waals surface area contributed by atoms with Gasteiger partial charge in [0.05, 0.1) is 22.8 Å². The third-order valence-electron chi connectivity index (χ3n) is 6.34. The molecule has 4 aromatic heterocycles. The summed E-state index contributed by atoms with van der Waals surface area (Å²) in [6.45, 7) is 4.00. The lowest BCUT2D eigenvalue weighted by Crippen LogP contribution is -2.03. The highest BCUT2D eigenvalue weighted by molar-refractivity contribution is 7.24. The molecule has 0 amide bonds. The molecule has 0 saturated heterocycles. The van der Waals surface area contributed by atoms with Crippen molar-refractivity contribution in [3.8, 4) is 22.5 Å². The number of carbonyl (C=O) groups is 1. The number of hydrogen-bond acceptors (Lipinski definition) is 7. The summed E-state index contributed by atoms with van der Waals surface area (Å²) in [5.41, 5.74) is 19.7. The minimum Gasteiger partial charge on any atom is -0.397 e. The van der Waals surface area contributed by atoms with Crippen LogP contribution in [-0.4, -0.2) is 15.8 Å². The van der Waals surface area contributed by atoms with E-state index in [0.29, 0.717) is 21.1 Å². The summed E-state index contributed by atoms with van der Waals surface area (Å²) < 4.78 is 0. The predicted molar refractivity (Wildman–Crippen MR) is 152 cm³/mol. The number of rotatable bonds is 4. The van der Waals surface area contributed by atoms with Crippen molar-refractivity contribution in [2.45, 2.75) is 13.8 Å². The molecule has 0 saturated carbocycles. The molecule has 5 nitrogen and oxygen atoms in total. The number of ketones is 1. The number of hydrogen-bond donors (Lipinski definition) is 2. The van der Waals surface area contributed by atoms with E-state index in [1.807, 2.05) is 86.6 Å². The Hall–Kier alpha value is -4.07. The summed E-state index contributed by atoms with van der Waals surface area (Å²) >= 11 is 2.64. The largest absolute Gasteiger partial charge is 0.397 e. The standard InChI is InChI=1S/C29H22N4OS2/c1-15-13-19(17-9-5-3-6-10-17)32-28-21(15)23(30)26(35-28)25(34)27-24(31)22-16(2)14-20(33-29(22)36-27)18-11-7-4-8-12-18/h3-14H,30-31H2,1-2H3. The minimum atomic E-state index is -0.183. The Morgan fingerprint density at radius 3 is 1.44 bits per heavy atom. The normalized spacial score (nSPS) is 11.4. The number of nitrogens with two attached hydrogens (primary N) is 2. The van der Waals surface area contributed by atoms with Crippen LogP contribution in [0.25, 0.3) is 42.9 Å². The average molecular weight is 507 g/mol. The molecule has 0 bridgehead atoms. The van der Waals surface area contributed by atoms with Gasteiger partial charge in [0.15, 0.2) is 0 Å². The van der Waals surface area contributed by atoms with Gasteiger partial charge in [-0.3, -0.25) is 4.79 Å². The van der Waals surface area contributed by atoms with Crippen LogP contribution in [-0.2, 0) is 0 Å². The van der Waals surface area contributed by atoms with E-state index in [1.165, 1.54) is 22.7 Å². The number of nitrogen functional groups attached to an aromatic ring is 2. The molecule has 6 rings (SSSR count). The molecule has 0 radical (unpaired) electrons. The number of aryl methyl sites for hydroxylation is 2. The van der Waals surface area contributed by atoms with Crippen LogP contribution in [0.4, 0.5) is 11.4 Å². The van der Waals surface area contributed by atoms with Crippen LogP contribution < -0.4 is 11.5 Å². The number of pyridine rings is 2. The van der Waals surface area contributed by atoms with Gasteiger partial charge < -0.3 is 11.5 Å². The maximum Gasteiger partial charge on any atom is 0.217 e. The van der Waals surface area contributed by atoms with E-state index in [-0.39, 0.29) is 5.78 Å². The van der Waals surface area contributed by atoms with Crippen LogP contribution in [0.5, 0.6) is 0 Å². The predicted octanol–water partition coefficient (Wildman–Crippen LogP) is 7.25. The minimum absolute atomic E-state index is 0.183. The molecule has 0 spiro atoms. The molecule has 0 aliphatic carbocycles. The monoisotopic (exact) mass is 506 g/mol.